The molecule has 0 aliphatic rings. The van der Waals surface area contributed by atoms with Crippen molar-refractivity contribution in [2.45, 2.75) is 6.92 Å². The number of hydrogen-bond donors (Lipinski definition) is 0. The highest BCUT2D eigenvalue weighted by Gasteiger charge is 2.09. The van der Waals surface area contributed by atoms with Gasteiger partial charge in [-0.3, -0.25) is 0 Å². The van der Waals surface area contributed by atoms with Gasteiger partial charge in [0, 0.05) is 30.4 Å². The van der Waals surface area contributed by atoms with Crippen molar-refractivity contribution in [2.24, 2.45) is 7.05 Å². The lowest BCUT2D eigenvalue weighted by Crippen LogP contribution is -1.90. The number of aryl methyl sites for hydroxylation is 2. The summed E-state index contributed by atoms with van der Waals surface area (Å²) < 4.78 is 9.02. The highest BCUT2D eigenvalue weighted by atomic mass is 32.1. The van der Waals surface area contributed by atoms with Gasteiger partial charge in [0.15, 0.2) is 17.2 Å². The molecule has 0 bridgehead atoms. The Kier molecular flexibility index (Phi) is 3.85. The number of pyridine rings is 1. The second-order valence-corrected chi connectivity index (χ2v) is 6.46. The number of thiophene rings is 1. The quantitative estimate of drug-likeness (QED) is 0.563. The maximum absolute atomic E-state index is 5.32. The number of nitrogens with zero attached hydrogens (tertiary/aromatic N) is 5. The molecule has 4 heterocycles. The summed E-state index contributed by atoms with van der Waals surface area (Å²) >= 11 is 1.69. The van der Waals surface area contributed by atoms with Gasteiger partial charge < -0.3 is 9.30 Å². The van der Waals surface area contributed by atoms with Gasteiger partial charge in [-0.15, -0.1) is 5.10 Å². The molecule has 0 fully saturated rings. The van der Waals surface area contributed by atoms with Crippen molar-refractivity contribution in [3.8, 4) is 17.0 Å². The second-order valence-electron chi connectivity index (χ2n) is 5.71. The van der Waals surface area contributed by atoms with Gasteiger partial charge in [-0.05, 0) is 42.2 Å². The van der Waals surface area contributed by atoms with E-state index in [2.05, 4.69) is 27.8 Å². The van der Waals surface area contributed by atoms with Crippen molar-refractivity contribution in [3.05, 3.63) is 52.5 Å². The molecule has 0 saturated heterocycles. The van der Waals surface area contributed by atoms with Gasteiger partial charge >= 0.3 is 0 Å². The summed E-state index contributed by atoms with van der Waals surface area (Å²) in [6.45, 7) is 2.10. The Bertz CT molecular complexity index is 1070. The summed E-state index contributed by atoms with van der Waals surface area (Å²) in [7, 11) is 3.61. The molecule has 0 unspecified atom stereocenters. The minimum absolute atomic E-state index is 0.612. The number of imidazole rings is 1. The Morgan fingerprint density at radius 2 is 2.08 bits per heavy atom. The third-order valence-electron chi connectivity index (χ3n) is 3.99. The molecule has 0 aliphatic heterocycles. The fourth-order valence-corrected chi connectivity index (χ4v) is 3.51. The zero-order valence-electron chi connectivity index (χ0n) is 14.2. The average Bonchev–Trinajstić information content (AvgIpc) is 3.30. The normalized spacial score (nSPS) is 11.6. The lowest BCUT2D eigenvalue weighted by molar-refractivity contribution is 0.416. The van der Waals surface area contributed by atoms with Crippen LogP contribution in [0.1, 0.15) is 17.2 Å². The molecule has 0 aliphatic carbocycles. The predicted molar refractivity (Wildman–Crippen MR) is 99.7 cm³/mol. The Morgan fingerprint density at radius 1 is 1.20 bits per heavy atom. The van der Waals surface area contributed by atoms with E-state index in [0.717, 1.165) is 11.5 Å². The average molecular weight is 351 g/mol. The number of methoxy groups -OCH3 is 1. The summed E-state index contributed by atoms with van der Waals surface area (Å²) in [6, 6.07) is 3.74. The Morgan fingerprint density at radius 3 is 2.84 bits per heavy atom. The van der Waals surface area contributed by atoms with Crippen molar-refractivity contribution >= 4 is 29.1 Å². The second kappa shape index (κ2) is 6.18. The maximum Gasteiger partial charge on any atom is 0.198 e. The fourth-order valence-electron chi connectivity index (χ4n) is 2.67. The summed E-state index contributed by atoms with van der Waals surface area (Å²) in [5, 5.41) is 8.70. The number of fused-ring (bicyclic) bond motifs is 1. The van der Waals surface area contributed by atoms with Crippen LogP contribution >= 0.6 is 11.3 Å². The minimum atomic E-state index is 0.612. The molecule has 4 rings (SSSR count). The molecule has 0 saturated carbocycles. The van der Waals surface area contributed by atoms with Gasteiger partial charge in [0.05, 0.1) is 12.8 Å². The number of rotatable bonds is 4. The fraction of sp³-hybridized carbons (Fsp3) is 0.167. The molecule has 7 heteroatoms. The smallest absolute Gasteiger partial charge is 0.198 e. The van der Waals surface area contributed by atoms with Crippen molar-refractivity contribution < 1.29 is 4.74 Å². The topological polar surface area (TPSA) is 57.2 Å². The Balaban J connectivity index is 1.66. The van der Waals surface area contributed by atoms with Crippen molar-refractivity contribution in [2.75, 3.05) is 7.11 Å². The lowest BCUT2D eigenvalue weighted by Gasteiger charge is -1.98. The van der Waals surface area contributed by atoms with E-state index >= 15 is 0 Å². The summed E-state index contributed by atoms with van der Waals surface area (Å²) in [5.74, 6) is 2.16. The first-order valence-corrected chi connectivity index (χ1v) is 8.74. The SMILES string of the molecule is COc1cccn2nc(/C=C/c3nc(-c4cscc4C)cn3C)nc12. The molecule has 126 valence electrons. The van der Waals surface area contributed by atoms with Crippen molar-refractivity contribution in [1.82, 2.24) is 24.1 Å². The predicted octanol–water partition coefficient (Wildman–Crippen LogP) is 3.68. The van der Waals surface area contributed by atoms with Crippen molar-refractivity contribution in [3.63, 3.8) is 0 Å². The summed E-state index contributed by atoms with van der Waals surface area (Å²) in [4.78, 5) is 9.22. The molecule has 0 atom stereocenters. The third-order valence-corrected chi connectivity index (χ3v) is 4.85. The standard InChI is InChI=1S/C18H17N5OS/c1-12-10-25-11-13(12)14-9-22(2)17(19-14)7-6-16-20-18-15(24-3)5-4-8-23(18)21-16/h4-11H,1-3H3/b7-6+. The number of hydrogen-bond acceptors (Lipinski definition) is 5. The number of aromatic nitrogens is 5. The molecule has 4 aromatic heterocycles. The van der Waals surface area contributed by atoms with Crippen LogP contribution in [0, 0.1) is 6.92 Å². The molecule has 0 amide bonds. The van der Waals surface area contributed by atoms with Crippen LogP contribution in [0.4, 0.5) is 0 Å². The van der Waals surface area contributed by atoms with Crippen LogP contribution in [0.5, 0.6) is 5.75 Å². The van der Waals surface area contributed by atoms with Gasteiger partial charge in [-0.2, -0.15) is 11.3 Å². The Labute approximate surface area is 149 Å². The molecule has 25 heavy (non-hydrogen) atoms. The van der Waals surface area contributed by atoms with Crippen LogP contribution in [-0.2, 0) is 7.05 Å². The first-order valence-electron chi connectivity index (χ1n) is 7.79. The van der Waals surface area contributed by atoms with Crippen LogP contribution in [0.3, 0.4) is 0 Å². The van der Waals surface area contributed by atoms with E-state index in [1.807, 2.05) is 48.3 Å². The first-order chi connectivity index (χ1) is 12.2. The largest absolute Gasteiger partial charge is 0.493 e. The molecule has 0 N–H and O–H groups in total. The van der Waals surface area contributed by atoms with Crippen LogP contribution in [-0.4, -0.2) is 31.3 Å². The summed E-state index contributed by atoms with van der Waals surface area (Å²) in [5.41, 5.74) is 4.09. The molecular formula is C18H17N5OS. The van der Waals surface area contributed by atoms with Crippen LogP contribution in [0.15, 0.2) is 35.3 Å². The lowest BCUT2D eigenvalue weighted by atomic mass is 10.2. The molecule has 0 aromatic carbocycles. The van der Waals surface area contributed by atoms with Gasteiger partial charge in [-0.1, -0.05) is 0 Å². The van der Waals surface area contributed by atoms with Crippen molar-refractivity contribution in [1.29, 1.82) is 0 Å². The van der Waals surface area contributed by atoms with E-state index in [1.165, 1.54) is 11.1 Å². The monoisotopic (exact) mass is 351 g/mol. The van der Waals surface area contributed by atoms with Gasteiger partial charge in [0.1, 0.15) is 5.82 Å². The van der Waals surface area contributed by atoms with Gasteiger partial charge in [0.2, 0.25) is 0 Å². The zero-order valence-corrected chi connectivity index (χ0v) is 15.0. The van der Waals surface area contributed by atoms with Crippen LogP contribution in [0.25, 0.3) is 29.1 Å². The van der Waals surface area contributed by atoms with E-state index in [0.29, 0.717) is 17.2 Å². The third kappa shape index (κ3) is 2.83. The van der Waals surface area contributed by atoms with E-state index in [9.17, 15) is 0 Å². The highest BCUT2D eigenvalue weighted by molar-refractivity contribution is 7.08. The van der Waals surface area contributed by atoms with E-state index in [-0.39, 0.29) is 0 Å². The van der Waals surface area contributed by atoms with Gasteiger partial charge in [-0.25, -0.2) is 14.5 Å². The molecule has 6 nitrogen and oxygen atoms in total. The van der Waals surface area contributed by atoms with Gasteiger partial charge in [0.25, 0.3) is 0 Å². The number of ether oxygens (including phenoxy) is 1. The van der Waals surface area contributed by atoms with E-state index in [1.54, 1.807) is 23.0 Å². The first kappa shape index (κ1) is 15.6. The zero-order chi connectivity index (χ0) is 17.4. The molecule has 0 spiro atoms. The molecule has 4 aromatic rings. The highest BCUT2D eigenvalue weighted by Crippen LogP contribution is 2.26. The molecule has 0 radical (unpaired) electrons. The van der Waals surface area contributed by atoms with E-state index in [4.69, 9.17) is 9.72 Å². The van der Waals surface area contributed by atoms with E-state index < -0.39 is 0 Å². The van der Waals surface area contributed by atoms with Crippen LogP contribution in [0.2, 0.25) is 0 Å². The maximum atomic E-state index is 5.32. The minimum Gasteiger partial charge on any atom is -0.493 e. The molecular weight excluding hydrogens is 334 g/mol. The van der Waals surface area contributed by atoms with Crippen LogP contribution < -0.4 is 4.74 Å². The summed E-state index contributed by atoms with van der Waals surface area (Å²) in [6.07, 6.45) is 7.67. The Hall–Kier alpha value is -2.93.